The van der Waals surface area contributed by atoms with Crippen LogP contribution < -0.4 is 5.32 Å². The van der Waals surface area contributed by atoms with Gasteiger partial charge in [-0.1, -0.05) is 18.2 Å². The topological polar surface area (TPSA) is 69.6 Å². The van der Waals surface area contributed by atoms with Crippen molar-refractivity contribution in [2.24, 2.45) is 0 Å². The Balaban J connectivity index is 1.68. The van der Waals surface area contributed by atoms with Crippen LogP contribution >= 0.6 is 0 Å². The molecule has 3 unspecified atom stereocenters. The SMILES string of the molecule is O=C1CC(C(=O)N2CC(O)CC2c2cccc(F)c2)c2ccc(F)cc2N1. The Morgan fingerprint density at radius 2 is 1.93 bits per heavy atom. The van der Waals surface area contributed by atoms with Crippen molar-refractivity contribution in [2.75, 3.05) is 11.9 Å². The van der Waals surface area contributed by atoms with Gasteiger partial charge in [-0.15, -0.1) is 0 Å². The quantitative estimate of drug-likeness (QED) is 0.852. The van der Waals surface area contributed by atoms with Crippen LogP contribution in [0, 0.1) is 11.6 Å². The van der Waals surface area contributed by atoms with Crippen LogP contribution in [0.25, 0.3) is 0 Å². The molecule has 140 valence electrons. The lowest BCUT2D eigenvalue weighted by atomic mass is 9.88. The van der Waals surface area contributed by atoms with Crippen molar-refractivity contribution < 1.29 is 23.5 Å². The van der Waals surface area contributed by atoms with E-state index in [0.29, 0.717) is 17.5 Å². The van der Waals surface area contributed by atoms with E-state index in [0.717, 1.165) is 0 Å². The number of carbonyl (C=O) groups is 2. The molecule has 2 aromatic carbocycles. The zero-order valence-electron chi connectivity index (χ0n) is 14.4. The minimum atomic E-state index is -0.768. The number of hydrogen-bond donors (Lipinski definition) is 2. The zero-order valence-corrected chi connectivity index (χ0v) is 14.4. The summed E-state index contributed by atoms with van der Waals surface area (Å²) in [6, 6.07) is 9.40. The fourth-order valence-corrected chi connectivity index (χ4v) is 3.94. The standard InChI is InChI=1S/C20H18F2N2O3/c21-12-3-1-2-11(6-12)18-8-14(25)10-24(18)20(27)16-9-19(26)23-17-7-13(22)4-5-15(16)17/h1-7,14,16,18,25H,8-10H2,(H,23,26). The number of nitrogens with one attached hydrogen (secondary N) is 1. The molecule has 0 aromatic heterocycles. The molecular formula is C20H18F2N2O3. The zero-order chi connectivity index (χ0) is 19.1. The number of aliphatic hydroxyl groups excluding tert-OH is 1. The molecule has 1 fully saturated rings. The highest BCUT2D eigenvalue weighted by atomic mass is 19.1. The highest BCUT2D eigenvalue weighted by Crippen LogP contribution is 2.39. The number of halogens is 2. The van der Waals surface area contributed by atoms with Crippen LogP contribution in [0.1, 0.15) is 35.9 Å². The van der Waals surface area contributed by atoms with Gasteiger partial charge in [-0.05, 0) is 41.8 Å². The number of carbonyl (C=O) groups excluding carboxylic acids is 2. The number of β-amino-alcohol motifs (C(OH)–C–C–N with tert-alkyl or cyclic N) is 1. The van der Waals surface area contributed by atoms with Crippen LogP contribution in [0.2, 0.25) is 0 Å². The van der Waals surface area contributed by atoms with E-state index in [1.807, 2.05) is 0 Å². The number of fused-ring (bicyclic) bond motifs is 1. The number of aliphatic hydroxyl groups is 1. The van der Waals surface area contributed by atoms with Crippen molar-refractivity contribution in [3.63, 3.8) is 0 Å². The van der Waals surface area contributed by atoms with Gasteiger partial charge in [0.25, 0.3) is 0 Å². The first-order chi connectivity index (χ1) is 12.9. The van der Waals surface area contributed by atoms with Crippen LogP contribution in [0.5, 0.6) is 0 Å². The molecule has 2 aliphatic rings. The van der Waals surface area contributed by atoms with Crippen molar-refractivity contribution >= 4 is 17.5 Å². The second kappa shape index (κ2) is 6.74. The van der Waals surface area contributed by atoms with E-state index < -0.39 is 29.7 Å². The van der Waals surface area contributed by atoms with Crippen LogP contribution in [0.4, 0.5) is 14.5 Å². The summed E-state index contributed by atoms with van der Waals surface area (Å²) in [5.41, 5.74) is 1.42. The van der Waals surface area contributed by atoms with E-state index in [4.69, 9.17) is 0 Å². The average Bonchev–Trinajstić information content (AvgIpc) is 3.02. The van der Waals surface area contributed by atoms with Crippen molar-refractivity contribution in [1.82, 2.24) is 4.90 Å². The molecule has 0 spiro atoms. The largest absolute Gasteiger partial charge is 0.391 e. The fourth-order valence-electron chi connectivity index (χ4n) is 3.94. The molecule has 0 bridgehead atoms. The van der Waals surface area contributed by atoms with Crippen LogP contribution in [-0.2, 0) is 9.59 Å². The molecule has 7 heteroatoms. The fraction of sp³-hybridized carbons (Fsp3) is 0.300. The number of nitrogens with zero attached hydrogens (tertiary/aromatic N) is 1. The summed E-state index contributed by atoms with van der Waals surface area (Å²) in [6.45, 7) is 0.106. The maximum atomic E-state index is 13.6. The third-order valence-electron chi connectivity index (χ3n) is 5.15. The lowest BCUT2D eigenvalue weighted by molar-refractivity contribution is -0.136. The van der Waals surface area contributed by atoms with E-state index in [2.05, 4.69) is 5.32 Å². The molecule has 0 saturated carbocycles. The van der Waals surface area contributed by atoms with Gasteiger partial charge in [0.05, 0.1) is 18.1 Å². The monoisotopic (exact) mass is 372 g/mol. The lowest BCUT2D eigenvalue weighted by Gasteiger charge is -2.32. The third-order valence-corrected chi connectivity index (χ3v) is 5.15. The second-order valence-corrected chi connectivity index (χ2v) is 6.99. The Kier molecular flexibility index (Phi) is 4.39. The summed E-state index contributed by atoms with van der Waals surface area (Å²) in [7, 11) is 0. The minimum absolute atomic E-state index is 0.0556. The summed E-state index contributed by atoms with van der Waals surface area (Å²) >= 11 is 0. The Morgan fingerprint density at radius 3 is 2.70 bits per heavy atom. The number of likely N-dealkylation sites (tertiary alicyclic amines) is 1. The van der Waals surface area contributed by atoms with E-state index in [9.17, 15) is 23.5 Å². The Hall–Kier alpha value is -2.80. The van der Waals surface area contributed by atoms with Crippen molar-refractivity contribution in [2.45, 2.75) is 30.9 Å². The van der Waals surface area contributed by atoms with Gasteiger partial charge in [0.15, 0.2) is 0 Å². The number of rotatable bonds is 2. The Bertz CT molecular complexity index is 918. The Labute approximate surface area is 154 Å². The predicted octanol–water partition coefficient (Wildman–Crippen LogP) is 2.73. The third kappa shape index (κ3) is 3.30. The van der Waals surface area contributed by atoms with E-state index in [1.54, 1.807) is 12.1 Å². The summed E-state index contributed by atoms with van der Waals surface area (Å²) in [4.78, 5) is 26.8. The first-order valence-corrected chi connectivity index (χ1v) is 8.75. The first kappa shape index (κ1) is 17.6. The molecular weight excluding hydrogens is 354 g/mol. The van der Waals surface area contributed by atoms with Gasteiger partial charge >= 0.3 is 0 Å². The number of hydrogen-bond acceptors (Lipinski definition) is 3. The molecule has 4 rings (SSSR count). The molecule has 2 aromatic rings. The number of benzene rings is 2. The summed E-state index contributed by atoms with van der Waals surface area (Å²) in [5.74, 6) is -2.39. The van der Waals surface area contributed by atoms with E-state index in [1.165, 1.54) is 35.2 Å². The molecule has 2 amide bonds. The van der Waals surface area contributed by atoms with Crippen LogP contribution in [0.15, 0.2) is 42.5 Å². The highest BCUT2D eigenvalue weighted by molar-refractivity contribution is 6.01. The van der Waals surface area contributed by atoms with Crippen molar-refractivity contribution in [1.29, 1.82) is 0 Å². The first-order valence-electron chi connectivity index (χ1n) is 8.75. The maximum Gasteiger partial charge on any atom is 0.231 e. The number of amides is 2. The van der Waals surface area contributed by atoms with E-state index in [-0.39, 0.29) is 30.5 Å². The van der Waals surface area contributed by atoms with Crippen molar-refractivity contribution in [3.05, 3.63) is 65.2 Å². The molecule has 2 N–H and O–H groups in total. The van der Waals surface area contributed by atoms with Gasteiger partial charge in [0, 0.05) is 18.7 Å². The maximum absolute atomic E-state index is 13.6. The molecule has 0 aliphatic carbocycles. The predicted molar refractivity (Wildman–Crippen MR) is 93.9 cm³/mol. The van der Waals surface area contributed by atoms with Crippen molar-refractivity contribution in [3.8, 4) is 0 Å². The van der Waals surface area contributed by atoms with Gasteiger partial charge in [0.2, 0.25) is 11.8 Å². The van der Waals surface area contributed by atoms with Gasteiger partial charge in [-0.3, -0.25) is 9.59 Å². The molecule has 2 aliphatic heterocycles. The van der Waals surface area contributed by atoms with Gasteiger partial charge in [-0.25, -0.2) is 8.78 Å². The number of anilines is 1. The molecule has 27 heavy (non-hydrogen) atoms. The summed E-state index contributed by atoms with van der Waals surface area (Å²) in [5, 5.41) is 12.7. The average molecular weight is 372 g/mol. The van der Waals surface area contributed by atoms with Gasteiger partial charge in [-0.2, -0.15) is 0 Å². The lowest BCUT2D eigenvalue weighted by Crippen LogP contribution is -2.39. The van der Waals surface area contributed by atoms with Crippen LogP contribution in [0.3, 0.4) is 0 Å². The normalized spacial score (nSPS) is 24.5. The van der Waals surface area contributed by atoms with Gasteiger partial charge < -0.3 is 15.3 Å². The minimum Gasteiger partial charge on any atom is -0.391 e. The van der Waals surface area contributed by atoms with E-state index >= 15 is 0 Å². The Morgan fingerprint density at radius 1 is 1.15 bits per heavy atom. The summed E-state index contributed by atoms with van der Waals surface area (Å²) < 4.78 is 27.1. The highest BCUT2D eigenvalue weighted by Gasteiger charge is 2.41. The van der Waals surface area contributed by atoms with Crippen LogP contribution in [-0.4, -0.2) is 34.5 Å². The molecule has 1 saturated heterocycles. The van der Waals surface area contributed by atoms with Gasteiger partial charge in [0.1, 0.15) is 11.6 Å². The second-order valence-electron chi connectivity index (χ2n) is 6.99. The molecule has 5 nitrogen and oxygen atoms in total. The smallest absolute Gasteiger partial charge is 0.231 e. The molecule has 3 atom stereocenters. The molecule has 0 radical (unpaired) electrons. The molecule has 2 heterocycles. The summed E-state index contributed by atoms with van der Waals surface area (Å²) in [6.07, 6.45) is -0.489.